The molecule has 1 amide bonds. The van der Waals surface area contributed by atoms with Gasteiger partial charge in [0, 0.05) is 20.6 Å². The Hall–Kier alpha value is -3.24. The molecular formula is C23H32N6O5. The van der Waals surface area contributed by atoms with Gasteiger partial charge in [-0.2, -0.15) is 0 Å². The highest BCUT2D eigenvalue weighted by molar-refractivity contribution is 5.70. The summed E-state index contributed by atoms with van der Waals surface area (Å²) in [4.78, 5) is 34.3. The number of carboxylic acid groups (broad SMARTS) is 1. The van der Waals surface area contributed by atoms with Gasteiger partial charge in [0.2, 0.25) is 5.88 Å². The van der Waals surface area contributed by atoms with E-state index < -0.39 is 5.97 Å². The van der Waals surface area contributed by atoms with Crippen molar-refractivity contribution < 1.29 is 24.2 Å². The van der Waals surface area contributed by atoms with Crippen molar-refractivity contribution in [3.05, 3.63) is 17.6 Å². The normalized spacial score (nSPS) is 20.1. The maximum absolute atomic E-state index is 12.4. The van der Waals surface area contributed by atoms with Crippen molar-refractivity contribution in [2.75, 3.05) is 13.6 Å². The smallest absolute Gasteiger partial charge is 0.409 e. The minimum Gasteiger partial charge on any atom is -0.481 e. The molecule has 0 unspecified atom stereocenters. The summed E-state index contributed by atoms with van der Waals surface area (Å²) in [7, 11) is 3.47. The summed E-state index contributed by atoms with van der Waals surface area (Å²) < 4.78 is 13.0. The van der Waals surface area contributed by atoms with E-state index in [0.717, 1.165) is 25.2 Å². The summed E-state index contributed by atoms with van der Waals surface area (Å²) in [6.45, 7) is 2.48. The third kappa shape index (κ3) is 5.81. The molecule has 2 aromatic rings. The van der Waals surface area contributed by atoms with Gasteiger partial charge in [0.05, 0.1) is 12.1 Å². The quantitative estimate of drug-likeness (QED) is 0.585. The first kappa shape index (κ1) is 23.9. The fourth-order valence-electron chi connectivity index (χ4n) is 4.19. The molecule has 1 N–H and O–H groups in total. The zero-order valence-electron chi connectivity index (χ0n) is 19.9. The average Bonchev–Trinajstić information content (AvgIpc) is 3.58. The highest BCUT2D eigenvalue weighted by Gasteiger charge is 2.29. The van der Waals surface area contributed by atoms with Gasteiger partial charge < -0.3 is 19.5 Å². The maximum atomic E-state index is 12.4. The Kier molecular flexibility index (Phi) is 7.28. The van der Waals surface area contributed by atoms with Gasteiger partial charge in [0.1, 0.15) is 35.5 Å². The van der Waals surface area contributed by atoms with Crippen molar-refractivity contribution >= 4 is 12.1 Å². The summed E-state index contributed by atoms with van der Waals surface area (Å²) in [6.07, 6.45) is 7.22. The maximum Gasteiger partial charge on any atom is 0.409 e. The van der Waals surface area contributed by atoms with Crippen LogP contribution < -0.4 is 4.74 Å². The fourth-order valence-corrected chi connectivity index (χ4v) is 4.19. The lowest BCUT2D eigenvalue weighted by Gasteiger charge is -2.27. The van der Waals surface area contributed by atoms with Crippen LogP contribution in [0.5, 0.6) is 5.88 Å². The van der Waals surface area contributed by atoms with Crippen LogP contribution >= 0.6 is 0 Å². The largest absolute Gasteiger partial charge is 0.481 e. The number of ether oxygens (including phenoxy) is 2. The van der Waals surface area contributed by atoms with Crippen LogP contribution in [0, 0.1) is 18.8 Å². The molecule has 11 nitrogen and oxygen atoms in total. The van der Waals surface area contributed by atoms with Crippen LogP contribution in [-0.2, 0) is 23.2 Å². The topological polar surface area (TPSA) is 133 Å². The van der Waals surface area contributed by atoms with Crippen LogP contribution in [0.25, 0.3) is 11.4 Å². The minimum absolute atomic E-state index is 0.0169. The van der Waals surface area contributed by atoms with Crippen LogP contribution in [0.2, 0.25) is 0 Å². The lowest BCUT2D eigenvalue weighted by molar-refractivity contribution is -0.143. The molecule has 0 bridgehead atoms. The zero-order chi connectivity index (χ0) is 24.2. The second-order valence-electron chi connectivity index (χ2n) is 9.30. The van der Waals surface area contributed by atoms with E-state index in [1.165, 1.54) is 12.8 Å². The van der Waals surface area contributed by atoms with Crippen LogP contribution in [0.15, 0.2) is 6.20 Å². The SMILES string of the molecule is Cc1nc(-c2nnn(C)c2COC(=O)N(C)CCC2CC2)cnc1O[C@H]1CCC[C@H](C(=O)O)C1. The monoisotopic (exact) mass is 472 g/mol. The predicted molar refractivity (Wildman–Crippen MR) is 121 cm³/mol. The van der Waals surface area contributed by atoms with Crippen molar-refractivity contribution in [3.8, 4) is 17.3 Å². The number of hydrogen-bond acceptors (Lipinski definition) is 8. The molecule has 2 aliphatic carbocycles. The number of carbonyl (C=O) groups excluding carboxylic acids is 1. The molecule has 2 aromatic heterocycles. The Morgan fingerprint density at radius 1 is 1.26 bits per heavy atom. The number of carboxylic acids is 1. The first-order valence-corrected chi connectivity index (χ1v) is 11.8. The Morgan fingerprint density at radius 3 is 2.76 bits per heavy atom. The zero-order valence-corrected chi connectivity index (χ0v) is 19.9. The van der Waals surface area contributed by atoms with E-state index in [4.69, 9.17) is 9.47 Å². The lowest BCUT2D eigenvalue weighted by atomic mass is 9.87. The third-order valence-electron chi connectivity index (χ3n) is 6.55. The number of carbonyl (C=O) groups is 2. The molecule has 34 heavy (non-hydrogen) atoms. The Balaban J connectivity index is 1.40. The molecule has 11 heteroatoms. The van der Waals surface area contributed by atoms with Crippen LogP contribution in [-0.4, -0.2) is 66.7 Å². The van der Waals surface area contributed by atoms with Gasteiger partial charge >= 0.3 is 12.1 Å². The van der Waals surface area contributed by atoms with Gasteiger partial charge in [0.15, 0.2) is 0 Å². The van der Waals surface area contributed by atoms with E-state index in [1.807, 2.05) is 0 Å². The van der Waals surface area contributed by atoms with Gasteiger partial charge in [-0.3, -0.25) is 4.79 Å². The summed E-state index contributed by atoms with van der Waals surface area (Å²) in [5, 5.41) is 17.5. The van der Waals surface area contributed by atoms with Gasteiger partial charge in [0.25, 0.3) is 0 Å². The molecule has 0 radical (unpaired) electrons. The molecule has 0 saturated heterocycles. The molecule has 2 aliphatic rings. The molecule has 2 fully saturated rings. The summed E-state index contributed by atoms with van der Waals surface area (Å²) >= 11 is 0. The Labute approximate surface area is 198 Å². The Morgan fingerprint density at radius 2 is 2.06 bits per heavy atom. The molecule has 4 rings (SSSR count). The van der Waals surface area contributed by atoms with Crippen LogP contribution in [0.1, 0.15) is 56.3 Å². The molecule has 0 spiro atoms. The Bertz CT molecular complexity index is 1040. The van der Waals surface area contributed by atoms with E-state index in [2.05, 4.69) is 20.3 Å². The van der Waals surface area contributed by atoms with E-state index in [9.17, 15) is 14.7 Å². The molecule has 2 saturated carbocycles. The van der Waals surface area contributed by atoms with E-state index in [0.29, 0.717) is 48.0 Å². The van der Waals surface area contributed by atoms with E-state index >= 15 is 0 Å². The van der Waals surface area contributed by atoms with Gasteiger partial charge in [-0.05, 0) is 44.9 Å². The summed E-state index contributed by atoms with van der Waals surface area (Å²) in [6, 6.07) is 0. The first-order chi connectivity index (χ1) is 16.3. The third-order valence-corrected chi connectivity index (χ3v) is 6.55. The van der Waals surface area contributed by atoms with E-state index in [-0.39, 0.29) is 24.7 Å². The predicted octanol–water partition coefficient (Wildman–Crippen LogP) is 2.97. The number of aryl methyl sites for hydroxylation is 2. The highest BCUT2D eigenvalue weighted by atomic mass is 16.6. The van der Waals surface area contributed by atoms with Gasteiger partial charge in [-0.1, -0.05) is 18.1 Å². The van der Waals surface area contributed by atoms with Crippen molar-refractivity contribution in [3.63, 3.8) is 0 Å². The molecule has 0 aromatic carbocycles. The van der Waals surface area contributed by atoms with Gasteiger partial charge in [-0.25, -0.2) is 19.4 Å². The van der Waals surface area contributed by atoms with Crippen LogP contribution in [0.4, 0.5) is 4.79 Å². The second-order valence-corrected chi connectivity index (χ2v) is 9.30. The molecule has 0 aliphatic heterocycles. The standard InChI is InChI=1S/C23H32N6O5/c1-14-21(34-17-6-4-5-16(11-17)22(30)31)24-12-18(25-14)20-19(29(3)27-26-20)13-33-23(32)28(2)10-9-15-7-8-15/h12,15-17H,4-11,13H2,1-3H3,(H,30,31)/t16-,17-/m0/s1. The van der Waals surface area contributed by atoms with Crippen molar-refractivity contribution in [1.82, 2.24) is 29.9 Å². The molecule has 2 atom stereocenters. The number of rotatable bonds is 9. The molecule has 184 valence electrons. The average molecular weight is 473 g/mol. The van der Waals surface area contributed by atoms with Crippen LogP contribution in [0.3, 0.4) is 0 Å². The van der Waals surface area contributed by atoms with Crippen molar-refractivity contribution in [1.29, 1.82) is 0 Å². The van der Waals surface area contributed by atoms with E-state index in [1.54, 1.807) is 36.8 Å². The number of hydrogen-bond donors (Lipinski definition) is 1. The summed E-state index contributed by atoms with van der Waals surface area (Å²) in [5.74, 6) is -0.0390. The number of nitrogens with zero attached hydrogens (tertiary/aromatic N) is 6. The number of amides is 1. The van der Waals surface area contributed by atoms with Crippen molar-refractivity contribution in [2.24, 2.45) is 18.9 Å². The van der Waals surface area contributed by atoms with Crippen molar-refractivity contribution in [2.45, 2.75) is 64.6 Å². The lowest BCUT2D eigenvalue weighted by Crippen LogP contribution is -2.30. The minimum atomic E-state index is -0.781. The van der Waals surface area contributed by atoms with Gasteiger partial charge in [-0.15, -0.1) is 5.10 Å². The summed E-state index contributed by atoms with van der Waals surface area (Å²) in [5.41, 5.74) is 2.17. The number of aliphatic carboxylic acids is 1. The number of aromatic nitrogens is 5. The molecule has 2 heterocycles. The first-order valence-electron chi connectivity index (χ1n) is 11.8. The fraction of sp³-hybridized carbons (Fsp3) is 0.652. The molecular weight excluding hydrogens is 440 g/mol. The second kappa shape index (κ2) is 10.4. The highest BCUT2D eigenvalue weighted by Crippen LogP contribution is 2.32.